The fraction of sp³-hybridized carbons (Fsp3) is 0.667. The minimum Gasteiger partial charge on any atom is -0.384 e. The summed E-state index contributed by atoms with van der Waals surface area (Å²) >= 11 is 3.39. The molecule has 0 spiro atoms. The van der Waals surface area contributed by atoms with E-state index in [1.54, 1.807) is 6.20 Å². The molecule has 1 saturated carbocycles. The topological polar surface area (TPSA) is 45.6 Å². The van der Waals surface area contributed by atoms with Crippen molar-refractivity contribution < 1.29 is 9.84 Å². The zero-order chi connectivity index (χ0) is 14.0. The summed E-state index contributed by atoms with van der Waals surface area (Å²) in [7, 11) is 0. The molecule has 3 rings (SSSR count). The van der Waals surface area contributed by atoms with Gasteiger partial charge >= 0.3 is 0 Å². The van der Waals surface area contributed by atoms with Crippen molar-refractivity contribution >= 4 is 15.9 Å². The zero-order valence-corrected chi connectivity index (χ0v) is 13.2. The summed E-state index contributed by atoms with van der Waals surface area (Å²) in [5.74, 6) is 0. The molecule has 0 radical (unpaired) electrons. The van der Waals surface area contributed by atoms with E-state index in [0.717, 1.165) is 62.2 Å². The van der Waals surface area contributed by atoms with Gasteiger partial charge in [0.2, 0.25) is 0 Å². The summed E-state index contributed by atoms with van der Waals surface area (Å²) in [6, 6.07) is 4.47. The number of pyridine rings is 1. The Labute approximate surface area is 128 Å². The molecule has 1 aliphatic heterocycles. The minimum absolute atomic E-state index is 0.592. The molecule has 2 fully saturated rings. The van der Waals surface area contributed by atoms with Crippen LogP contribution in [0.3, 0.4) is 0 Å². The van der Waals surface area contributed by atoms with Gasteiger partial charge < -0.3 is 9.84 Å². The lowest BCUT2D eigenvalue weighted by Crippen LogP contribution is -2.47. The van der Waals surface area contributed by atoms with E-state index in [1.807, 2.05) is 12.1 Å². The smallest absolute Gasteiger partial charge is 0.107 e. The molecule has 5 heteroatoms. The van der Waals surface area contributed by atoms with E-state index in [1.165, 1.54) is 0 Å². The number of hydrogen-bond acceptors (Lipinski definition) is 4. The van der Waals surface area contributed by atoms with Crippen molar-refractivity contribution in [2.24, 2.45) is 0 Å². The van der Waals surface area contributed by atoms with Crippen molar-refractivity contribution in [1.82, 2.24) is 9.88 Å². The van der Waals surface area contributed by atoms with Crippen molar-refractivity contribution in [2.75, 3.05) is 26.3 Å². The number of aliphatic hydroxyl groups is 1. The van der Waals surface area contributed by atoms with Crippen LogP contribution in [0.25, 0.3) is 0 Å². The van der Waals surface area contributed by atoms with Gasteiger partial charge in [0.25, 0.3) is 0 Å². The molecular weight excluding hydrogens is 320 g/mol. The van der Waals surface area contributed by atoms with Gasteiger partial charge in [0.05, 0.1) is 18.9 Å². The Hall–Kier alpha value is -0.490. The van der Waals surface area contributed by atoms with Crippen LogP contribution in [0.5, 0.6) is 0 Å². The van der Waals surface area contributed by atoms with E-state index in [9.17, 15) is 5.11 Å². The van der Waals surface area contributed by atoms with Crippen LogP contribution in [-0.2, 0) is 10.3 Å². The van der Waals surface area contributed by atoms with E-state index in [0.29, 0.717) is 6.04 Å². The molecule has 20 heavy (non-hydrogen) atoms. The summed E-state index contributed by atoms with van der Waals surface area (Å²) in [5, 5.41) is 10.8. The second-order valence-corrected chi connectivity index (χ2v) is 6.69. The molecule has 0 aromatic carbocycles. The van der Waals surface area contributed by atoms with Gasteiger partial charge in [-0.05, 0) is 53.7 Å². The Morgan fingerprint density at radius 3 is 2.55 bits per heavy atom. The highest BCUT2D eigenvalue weighted by Gasteiger charge is 2.37. The SMILES string of the molecule is O[C@]1(c2ccc(Br)cn2)CC[C@H](N2CCOCC2)CC1. The third kappa shape index (κ3) is 3.06. The van der Waals surface area contributed by atoms with Crippen LogP contribution in [0.1, 0.15) is 31.4 Å². The second-order valence-electron chi connectivity index (χ2n) is 5.77. The Bertz CT molecular complexity index is 438. The molecule has 0 atom stereocenters. The van der Waals surface area contributed by atoms with E-state index in [4.69, 9.17) is 4.74 Å². The molecule has 1 aromatic rings. The molecule has 0 unspecified atom stereocenters. The average Bonchev–Trinajstić information content (AvgIpc) is 2.49. The van der Waals surface area contributed by atoms with Gasteiger partial charge in [-0.1, -0.05) is 0 Å². The molecule has 0 bridgehead atoms. The Kier molecular flexibility index (Phi) is 4.40. The quantitative estimate of drug-likeness (QED) is 0.897. The molecular formula is C15H21BrN2O2. The van der Waals surface area contributed by atoms with Crippen LogP contribution < -0.4 is 0 Å². The third-order valence-corrected chi connectivity index (χ3v) is 5.02. The van der Waals surface area contributed by atoms with Gasteiger partial charge in [0, 0.05) is 29.8 Å². The maximum atomic E-state index is 10.8. The Morgan fingerprint density at radius 1 is 1.25 bits per heavy atom. The van der Waals surface area contributed by atoms with Gasteiger partial charge in [-0.15, -0.1) is 0 Å². The van der Waals surface area contributed by atoms with Crippen LogP contribution >= 0.6 is 15.9 Å². The van der Waals surface area contributed by atoms with Crippen molar-refractivity contribution in [2.45, 2.75) is 37.3 Å². The third-order valence-electron chi connectivity index (χ3n) is 4.55. The molecule has 2 aliphatic rings. The fourth-order valence-electron chi connectivity index (χ4n) is 3.30. The van der Waals surface area contributed by atoms with E-state index in [-0.39, 0.29) is 0 Å². The molecule has 1 aromatic heterocycles. The molecule has 1 saturated heterocycles. The number of morpholine rings is 1. The van der Waals surface area contributed by atoms with Crippen LogP contribution in [0.2, 0.25) is 0 Å². The predicted molar refractivity (Wildman–Crippen MR) is 80.5 cm³/mol. The molecule has 1 aliphatic carbocycles. The highest BCUT2D eigenvalue weighted by molar-refractivity contribution is 9.10. The van der Waals surface area contributed by atoms with Crippen LogP contribution in [-0.4, -0.2) is 47.3 Å². The maximum Gasteiger partial charge on any atom is 0.107 e. The largest absolute Gasteiger partial charge is 0.384 e. The summed E-state index contributed by atoms with van der Waals surface area (Å²) in [6.45, 7) is 3.74. The van der Waals surface area contributed by atoms with Gasteiger partial charge in [-0.2, -0.15) is 0 Å². The first kappa shape index (κ1) is 14.4. The lowest BCUT2D eigenvalue weighted by atomic mass is 9.79. The van der Waals surface area contributed by atoms with Gasteiger partial charge in [-0.3, -0.25) is 9.88 Å². The number of ether oxygens (including phenoxy) is 1. The summed E-state index contributed by atoms with van der Waals surface area (Å²) in [5.41, 5.74) is 0.0601. The summed E-state index contributed by atoms with van der Waals surface area (Å²) in [4.78, 5) is 6.89. The highest BCUT2D eigenvalue weighted by Crippen LogP contribution is 2.38. The molecule has 110 valence electrons. The van der Waals surface area contributed by atoms with Crippen molar-refractivity contribution in [3.8, 4) is 0 Å². The monoisotopic (exact) mass is 340 g/mol. The van der Waals surface area contributed by atoms with Gasteiger partial charge in [0.15, 0.2) is 0 Å². The van der Waals surface area contributed by atoms with Crippen molar-refractivity contribution in [3.63, 3.8) is 0 Å². The Morgan fingerprint density at radius 2 is 1.95 bits per heavy atom. The van der Waals surface area contributed by atoms with Crippen LogP contribution in [0.15, 0.2) is 22.8 Å². The summed E-state index contributed by atoms with van der Waals surface area (Å²) < 4.78 is 6.36. The lowest BCUT2D eigenvalue weighted by molar-refractivity contribution is -0.0469. The molecule has 4 nitrogen and oxygen atoms in total. The first-order valence-corrected chi connectivity index (χ1v) is 8.13. The first-order chi connectivity index (χ1) is 9.67. The highest BCUT2D eigenvalue weighted by atomic mass is 79.9. The summed E-state index contributed by atoms with van der Waals surface area (Å²) in [6.07, 6.45) is 5.43. The number of hydrogen-bond donors (Lipinski definition) is 1. The predicted octanol–water partition coefficient (Wildman–Crippen LogP) is 2.31. The zero-order valence-electron chi connectivity index (χ0n) is 11.6. The fourth-order valence-corrected chi connectivity index (χ4v) is 3.53. The molecule has 2 heterocycles. The molecule has 0 amide bonds. The number of halogens is 1. The van der Waals surface area contributed by atoms with E-state index in [2.05, 4.69) is 25.8 Å². The van der Waals surface area contributed by atoms with E-state index >= 15 is 0 Å². The van der Waals surface area contributed by atoms with Crippen molar-refractivity contribution in [1.29, 1.82) is 0 Å². The number of rotatable bonds is 2. The normalized spacial score (nSPS) is 32.2. The number of aromatic nitrogens is 1. The van der Waals surface area contributed by atoms with Gasteiger partial charge in [0.1, 0.15) is 5.60 Å². The number of nitrogens with zero attached hydrogens (tertiary/aromatic N) is 2. The average molecular weight is 341 g/mol. The standard InChI is InChI=1S/C15H21BrN2O2/c16-12-1-2-14(17-11-12)15(19)5-3-13(4-6-15)18-7-9-20-10-8-18/h1-2,11,13,19H,3-10H2/t13-,15+. The lowest BCUT2D eigenvalue weighted by Gasteiger charge is -2.41. The maximum absolute atomic E-state index is 10.8. The first-order valence-electron chi connectivity index (χ1n) is 7.34. The Balaban J connectivity index is 1.63. The van der Waals surface area contributed by atoms with Crippen LogP contribution in [0.4, 0.5) is 0 Å². The van der Waals surface area contributed by atoms with Gasteiger partial charge in [-0.25, -0.2) is 0 Å². The molecule has 1 N–H and O–H groups in total. The van der Waals surface area contributed by atoms with Crippen LogP contribution in [0, 0.1) is 0 Å². The van der Waals surface area contributed by atoms with E-state index < -0.39 is 5.60 Å². The minimum atomic E-state index is -0.747. The van der Waals surface area contributed by atoms with Crippen molar-refractivity contribution in [3.05, 3.63) is 28.5 Å². The second kappa shape index (κ2) is 6.10.